The van der Waals surface area contributed by atoms with E-state index in [0.717, 1.165) is 26.2 Å². The number of β-amino-alcohol motifs (C(OH)–C–C–N with tert-alkyl or cyclic N) is 1. The number of nitrogens with zero attached hydrogens (tertiary/aromatic N) is 2. The summed E-state index contributed by atoms with van der Waals surface area (Å²) in [4.78, 5) is 4.91. The van der Waals surface area contributed by atoms with Crippen LogP contribution in [0.15, 0.2) is 24.3 Å². The summed E-state index contributed by atoms with van der Waals surface area (Å²) >= 11 is 0. The van der Waals surface area contributed by atoms with Gasteiger partial charge >= 0.3 is 0 Å². The van der Waals surface area contributed by atoms with E-state index in [1.54, 1.807) is 0 Å². The van der Waals surface area contributed by atoms with Gasteiger partial charge in [-0.05, 0) is 31.9 Å². The monoisotopic (exact) mass is 246 g/mol. The highest BCUT2D eigenvalue weighted by Gasteiger charge is 2.32. The Bertz CT molecular complexity index is 389. The molecule has 2 heterocycles. The fourth-order valence-corrected chi connectivity index (χ4v) is 3.03. The highest BCUT2D eigenvalue weighted by Crippen LogP contribution is 2.25. The molecular formula is C15H22N2O. The molecule has 0 radical (unpaired) electrons. The smallest absolute Gasteiger partial charge is 0.0794 e. The molecule has 2 aliphatic heterocycles. The van der Waals surface area contributed by atoms with Gasteiger partial charge in [0.05, 0.1) is 6.10 Å². The minimum atomic E-state index is -0.0693. The third-order valence-corrected chi connectivity index (χ3v) is 4.27. The van der Waals surface area contributed by atoms with Crippen molar-refractivity contribution < 1.29 is 5.11 Å². The van der Waals surface area contributed by atoms with Crippen molar-refractivity contribution in [2.45, 2.75) is 31.9 Å². The Hall–Kier alpha value is -1.06. The van der Waals surface area contributed by atoms with Crippen molar-refractivity contribution in [3.63, 3.8) is 0 Å². The van der Waals surface area contributed by atoms with Gasteiger partial charge < -0.3 is 10.0 Å². The number of piperidine rings is 1. The van der Waals surface area contributed by atoms with Crippen LogP contribution in [0.5, 0.6) is 0 Å². The van der Waals surface area contributed by atoms with Gasteiger partial charge in [-0.15, -0.1) is 0 Å². The van der Waals surface area contributed by atoms with Crippen LogP contribution in [0.2, 0.25) is 0 Å². The third-order valence-electron chi connectivity index (χ3n) is 4.27. The molecule has 0 aliphatic carbocycles. The summed E-state index contributed by atoms with van der Waals surface area (Å²) in [6, 6.07) is 9.52. The van der Waals surface area contributed by atoms with Crippen molar-refractivity contribution in [2.75, 3.05) is 31.1 Å². The fraction of sp³-hybridized carbons (Fsp3) is 0.600. The zero-order valence-electron chi connectivity index (χ0n) is 11.0. The molecule has 18 heavy (non-hydrogen) atoms. The van der Waals surface area contributed by atoms with Crippen molar-refractivity contribution in [3.05, 3.63) is 29.8 Å². The summed E-state index contributed by atoms with van der Waals surface area (Å²) < 4.78 is 0. The first-order chi connectivity index (χ1) is 8.72. The number of hydrogen-bond donors (Lipinski definition) is 1. The van der Waals surface area contributed by atoms with E-state index >= 15 is 0 Å². The molecule has 3 rings (SSSR count). The second kappa shape index (κ2) is 4.90. The van der Waals surface area contributed by atoms with Crippen molar-refractivity contribution >= 4 is 5.69 Å². The Morgan fingerprint density at radius 1 is 1.06 bits per heavy atom. The molecule has 2 fully saturated rings. The Kier molecular flexibility index (Phi) is 3.27. The maximum atomic E-state index is 9.35. The first-order valence-electron chi connectivity index (χ1n) is 6.96. The van der Waals surface area contributed by atoms with Crippen LogP contribution in [-0.4, -0.2) is 48.3 Å². The standard InChI is InChI=1S/C15H22N2O/c1-12-2-4-13(5-3-12)16-8-6-14(7-9-16)17-10-15(18)11-17/h2-5,14-15,18H,6-11H2,1H3. The van der Waals surface area contributed by atoms with Gasteiger partial charge in [0.1, 0.15) is 0 Å². The van der Waals surface area contributed by atoms with Gasteiger partial charge in [-0.25, -0.2) is 0 Å². The second-order valence-corrected chi connectivity index (χ2v) is 5.66. The number of hydrogen-bond acceptors (Lipinski definition) is 3. The zero-order valence-corrected chi connectivity index (χ0v) is 11.0. The lowest BCUT2D eigenvalue weighted by Gasteiger charge is -2.45. The minimum absolute atomic E-state index is 0.0693. The first-order valence-corrected chi connectivity index (χ1v) is 6.96. The van der Waals surface area contributed by atoms with Crippen molar-refractivity contribution in [1.82, 2.24) is 4.90 Å². The average Bonchev–Trinajstić information content (AvgIpc) is 2.36. The number of aliphatic hydroxyl groups is 1. The van der Waals surface area contributed by atoms with E-state index in [9.17, 15) is 5.11 Å². The van der Waals surface area contributed by atoms with E-state index in [4.69, 9.17) is 0 Å². The molecule has 0 spiro atoms. The number of likely N-dealkylation sites (tertiary alicyclic amines) is 1. The first kappa shape index (κ1) is 12.0. The number of aryl methyl sites for hydroxylation is 1. The van der Waals surface area contributed by atoms with Gasteiger partial charge in [-0.3, -0.25) is 4.90 Å². The maximum Gasteiger partial charge on any atom is 0.0794 e. The molecule has 0 aromatic heterocycles. The summed E-state index contributed by atoms with van der Waals surface area (Å²) in [5.74, 6) is 0. The number of rotatable bonds is 2. The van der Waals surface area contributed by atoms with E-state index in [1.165, 1.54) is 24.1 Å². The Morgan fingerprint density at radius 3 is 2.22 bits per heavy atom. The van der Waals surface area contributed by atoms with Crippen LogP contribution in [0.1, 0.15) is 18.4 Å². The van der Waals surface area contributed by atoms with Crippen LogP contribution < -0.4 is 4.90 Å². The summed E-state index contributed by atoms with van der Waals surface area (Å²) in [5.41, 5.74) is 2.67. The number of benzene rings is 1. The molecule has 2 saturated heterocycles. The average molecular weight is 246 g/mol. The highest BCUT2D eigenvalue weighted by atomic mass is 16.3. The molecular weight excluding hydrogens is 224 g/mol. The van der Waals surface area contributed by atoms with Crippen LogP contribution in [0.4, 0.5) is 5.69 Å². The van der Waals surface area contributed by atoms with Crippen LogP contribution in [0.25, 0.3) is 0 Å². The van der Waals surface area contributed by atoms with E-state index in [2.05, 4.69) is 41.0 Å². The third kappa shape index (κ3) is 2.38. The Morgan fingerprint density at radius 2 is 1.67 bits per heavy atom. The van der Waals surface area contributed by atoms with Gasteiger partial charge in [0.2, 0.25) is 0 Å². The number of aliphatic hydroxyl groups excluding tert-OH is 1. The molecule has 1 aromatic rings. The molecule has 1 N–H and O–H groups in total. The molecule has 2 aliphatic rings. The molecule has 1 aromatic carbocycles. The molecule has 0 unspecified atom stereocenters. The van der Waals surface area contributed by atoms with Gasteiger partial charge in [-0.2, -0.15) is 0 Å². The lowest BCUT2D eigenvalue weighted by molar-refractivity contribution is -0.0300. The molecule has 3 heteroatoms. The van der Waals surface area contributed by atoms with Gasteiger partial charge in [0.15, 0.2) is 0 Å². The fourth-order valence-electron chi connectivity index (χ4n) is 3.03. The van der Waals surface area contributed by atoms with E-state index in [1.807, 2.05) is 0 Å². The largest absolute Gasteiger partial charge is 0.390 e. The van der Waals surface area contributed by atoms with Crippen molar-refractivity contribution in [2.24, 2.45) is 0 Å². The SMILES string of the molecule is Cc1ccc(N2CCC(N3CC(O)C3)CC2)cc1. The normalized spacial score (nSPS) is 23.1. The minimum Gasteiger partial charge on any atom is -0.390 e. The molecule has 0 bridgehead atoms. The Balaban J connectivity index is 1.55. The quantitative estimate of drug-likeness (QED) is 0.859. The van der Waals surface area contributed by atoms with E-state index in [-0.39, 0.29) is 6.10 Å². The van der Waals surface area contributed by atoms with Gasteiger partial charge in [-0.1, -0.05) is 17.7 Å². The highest BCUT2D eigenvalue weighted by molar-refractivity contribution is 5.47. The van der Waals surface area contributed by atoms with Crippen LogP contribution >= 0.6 is 0 Å². The summed E-state index contributed by atoms with van der Waals surface area (Å²) in [6.45, 7) is 6.18. The van der Waals surface area contributed by atoms with Gasteiger partial charge in [0.25, 0.3) is 0 Å². The topological polar surface area (TPSA) is 26.7 Å². The Labute approximate surface area is 109 Å². The van der Waals surface area contributed by atoms with E-state index < -0.39 is 0 Å². The number of anilines is 1. The summed E-state index contributed by atoms with van der Waals surface area (Å²) in [7, 11) is 0. The van der Waals surface area contributed by atoms with Crippen LogP contribution in [0, 0.1) is 6.92 Å². The van der Waals surface area contributed by atoms with Crippen molar-refractivity contribution in [3.8, 4) is 0 Å². The molecule has 0 atom stereocenters. The summed E-state index contributed by atoms with van der Waals surface area (Å²) in [6.07, 6.45) is 2.38. The molecule has 0 saturated carbocycles. The molecule has 98 valence electrons. The lowest BCUT2D eigenvalue weighted by atomic mass is 9.98. The van der Waals surface area contributed by atoms with Crippen LogP contribution in [-0.2, 0) is 0 Å². The predicted molar refractivity (Wildman–Crippen MR) is 74.0 cm³/mol. The second-order valence-electron chi connectivity index (χ2n) is 5.66. The maximum absolute atomic E-state index is 9.35. The zero-order chi connectivity index (χ0) is 12.5. The van der Waals surface area contributed by atoms with Gasteiger partial charge in [0, 0.05) is 37.9 Å². The van der Waals surface area contributed by atoms with E-state index in [0.29, 0.717) is 6.04 Å². The van der Waals surface area contributed by atoms with Crippen molar-refractivity contribution in [1.29, 1.82) is 0 Å². The predicted octanol–water partition coefficient (Wildman–Crippen LogP) is 1.64. The summed E-state index contributed by atoms with van der Waals surface area (Å²) in [5, 5.41) is 9.35. The lowest BCUT2D eigenvalue weighted by Crippen LogP contribution is -2.57. The van der Waals surface area contributed by atoms with Crippen LogP contribution in [0.3, 0.4) is 0 Å². The molecule has 0 amide bonds. The molecule has 3 nitrogen and oxygen atoms in total.